The topological polar surface area (TPSA) is 125 Å². The van der Waals surface area contributed by atoms with Gasteiger partial charge in [0.15, 0.2) is 17.4 Å². The molecular weight excluding hydrogens is 274 g/mol. The molecule has 4 N–H and O–H groups in total. The van der Waals surface area contributed by atoms with Crippen molar-refractivity contribution >= 4 is 29.2 Å². The molecule has 0 saturated carbocycles. The lowest BCUT2D eigenvalue weighted by Gasteiger charge is -2.07. The average Bonchev–Trinajstić information content (AvgIpc) is 2.49. The van der Waals surface area contributed by atoms with Gasteiger partial charge in [0.1, 0.15) is 5.69 Å². The first-order chi connectivity index (χ1) is 10.1. The van der Waals surface area contributed by atoms with Gasteiger partial charge in [-0.15, -0.1) is 5.11 Å². The van der Waals surface area contributed by atoms with Crippen LogP contribution < -0.4 is 16.2 Å². The number of methoxy groups -OCH3 is 1. The number of azo groups is 1. The fourth-order valence-electron chi connectivity index (χ4n) is 1.41. The number of nitrogen functional groups attached to an aromatic ring is 2. The Morgan fingerprint density at radius 2 is 1.86 bits per heavy atom. The first-order valence-electron chi connectivity index (χ1n) is 5.88. The number of carbonyl (C=O) groups is 1. The third-order valence-electron chi connectivity index (χ3n) is 2.41. The fourth-order valence-corrected chi connectivity index (χ4v) is 1.41. The summed E-state index contributed by atoms with van der Waals surface area (Å²) in [5, 5.41) is 7.96. The molecule has 0 radical (unpaired) electrons. The normalized spacial score (nSPS) is 10.5. The fraction of sp³-hybridized carbons (Fsp3) is 0.0769. The number of rotatable bonds is 3. The number of benzene rings is 1. The van der Waals surface area contributed by atoms with E-state index < -0.39 is 6.16 Å². The zero-order chi connectivity index (χ0) is 15.2. The summed E-state index contributed by atoms with van der Waals surface area (Å²) in [7, 11) is 1.18. The molecule has 0 spiro atoms. The molecule has 1 heterocycles. The molecule has 0 aliphatic rings. The molecule has 0 amide bonds. The van der Waals surface area contributed by atoms with Crippen molar-refractivity contribution in [2.24, 2.45) is 10.2 Å². The van der Waals surface area contributed by atoms with Gasteiger partial charge in [0.2, 0.25) is 0 Å². The Balaban J connectivity index is 2.29. The van der Waals surface area contributed by atoms with Crippen LogP contribution in [-0.2, 0) is 4.74 Å². The van der Waals surface area contributed by atoms with Gasteiger partial charge < -0.3 is 20.9 Å². The molecule has 0 fully saturated rings. The van der Waals surface area contributed by atoms with Crippen molar-refractivity contribution < 1.29 is 14.3 Å². The van der Waals surface area contributed by atoms with Crippen LogP contribution in [0.3, 0.4) is 0 Å². The highest BCUT2D eigenvalue weighted by Gasteiger charge is 2.12. The SMILES string of the molecule is COC(=O)Oc1cc(/N=N/c2ccccc2)c(N)nc1N. The van der Waals surface area contributed by atoms with Gasteiger partial charge in [0.05, 0.1) is 12.8 Å². The number of hydrogen-bond acceptors (Lipinski definition) is 8. The maximum absolute atomic E-state index is 11.1. The number of nitrogens with two attached hydrogens (primary N) is 2. The van der Waals surface area contributed by atoms with Gasteiger partial charge in [-0.1, -0.05) is 18.2 Å². The minimum Gasteiger partial charge on any atom is -0.437 e. The molecule has 0 saturated heterocycles. The van der Waals surface area contributed by atoms with Crippen LogP contribution in [0.1, 0.15) is 0 Å². The second kappa shape index (κ2) is 6.33. The summed E-state index contributed by atoms with van der Waals surface area (Å²) < 4.78 is 9.21. The van der Waals surface area contributed by atoms with Crippen LogP contribution in [0.5, 0.6) is 5.75 Å². The summed E-state index contributed by atoms with van der Waals surface area (Å²) in [6.07, 6.45) is -0.917. The average molecular weight is 287 g/mol. The van der Waals surface area contributed by atoms with Crippen LogP contribution >= 0.6 is 0 Å². The first kappa shape index (κ1) is 14.3. The molecule has 0 aliphatic carbocycles. The smallest absolute Gasteiger partial charge is 0.437 e. The Morgan fingerprint density at radius 1 is 1.14 bits per heavy atom. The zero-order valence-electron chi connectivity index (χ0n) is 11.2. The molecular formula is C13H13N5O3. The zero-order valence-corrected chi connectivity index (χ0v) is 11.2. The lowest BCUT2D eigenvalue weighted by Crippen LogP contribution is -2.10. The van der Waals surface area contributed by atoms with Crippen molar-refractivity contribution in [3.05, 3.63) is 36.4 Å². The summed E-state index contributed by atoms with van der Waals surface area (Å²) in [5.41, 5.74) is 12.2. The van der Waals surface area contributed by atoms with Crippen LogP contribution in [0.25, 0.3) is 0 Å². The number of ether oxygens (including phenoxy) is 2. The van der Waals surface area contributed by atoms with Crippen LogP contribution in [-0.4, -0.2) is 18.2 Å². The first-order valence-corrected chi connectivity index (χ1v) is 5.88. The Labute approximate surface area is 120 Å². The molecule has 0 atom stereocenters. The highest BCUT2D eigenvalue weighted by atomic mass is 16.7. The summed E-state index contributed by atoms with van der Waals surface area (Å²) in [4.78, 5) is 14.9. The molecule has 0 unspecified atom stereocenters. The van der Waals surface area contributed by atoms with Gasteiger partial charge in [-0.3, -0.25) is 0 Å². The van der Waals surface area contributed by atoms with Crippen LogP contribution in [0, 0.1) is 0 Å². The van der Waals surface area contributed by atoms with E-state index in [1.165, 1.54) is 13.2 Å². The number of aromatic nitrogens is 1. The maximum atomic E-state index is 11.1. The highest BCUT2D eigenvalue weighted by molar-refractivity contribution is 5.71. The lowest BCUT2D eigenvalue weighted by molar-refractivity contribution is 0.121. The monoisotopic (exact) mass is 287 g/mol. The van der Waals surface area contributed by atoms with E-state index >= 15 is 0 Å². The van der Waals surface area contributed by atoms with Gasteiger partial charge in [-0.05, 0) is 12.1 Å². The lowest BCUT2D eigenvalue weighted by atomic mass is 10.3. The van der Waals surface area contributed by atoms with E-state index in [9.17, 15) is 4.79 Å². The quantitative estimate of drug-likeness (QED) is 0.660. The Hall–Kier alpha value is -3.16. The minimum absolute atomic E-state index is 0.00179. The molecule has 108 valence electrons. The van der Waals surface area contributed by atoms with Crippen molar-refractivity contribution in [3.63, 3.8) is 0 Å². The Morgan fingerprint density at radius 3 is 2.52 bits per heavy atom. The summed E-state index contributed by atoms with van der Waals surface area (Å²) in [6, 6.07) is 10.4. The number of hydrogen-bond donors (Lipinski definition) is 2. The molecule has 1 aromatic heterocycles. The van der Waals surface area contributed by atoms with Crippen LogP contribution in [0.2, 0.25) is 0 Å². The molecule has 2 rings (SSSR count). The third kappa shape index (κ3) is 3.66. The number of nitrogens with zero attached hydrogens (tertiary/aromatic N) is 3. The van der Waals surface area contributed by atoms with E-state index in [2.05, 4.69) is 19.9 Å². The van der Waals surface area contributed by atoms with Gasteiger partial charge in [0.25, 0.3) is 0 Å². The van der Waals surface area contributed by atoms with Crippen molar-refractivity contribution in [2.45, 2.75) is 0 Å². The molecule has 2 aromatic rings. The number of anilines is 2. The van der Waals surface area contributed by atoms with Gasteiger partial charge in [-0.2, -0.15) is 5.11 Å². The highest BCUT2D eigenvalue weighted by Crippen LogP contribution is 2.31. The summed E-state index contributed by atoms with van der Waals surface area (Å²) in [5.74, 6) is 0.0269. The van der Waals surface area contributed by atoms with Crippen LogP contribution in [0.15, 0.2) is 46.6 Å². The van der Waals surface area contributed by atoms with Crippen molar-refractivity contribution in [1.82, 2.24) is 4.98 Å². The standard InChI is InChI=1S/C13H13N5O3/c1-20-13(19)21-10-7-9(11(14)16-12(10)15)18-17-8-5-3-2-4-6-8/h2-7H,1H3,(H4,14,15,16)/b18-17+. The molecule has 21 heavy (non-hydrogen) atoms. The minimum atomic E-state index is -0.917. The van der Waals surface area contributed by atoms with Crippen LogP contribution in [0.4, 0.5) is 27.8 Å². The van der Waals surface area contributed by atoms with Crippen molar-refractivity contribution in [1.29, 1.82) is 0 Å². The second-order valence-corrected chi connectivity index (χ2v) is 3.87. The Bertz CT molecular complexity index is 673. The van der Waals surface area contributed by atoms with E-state index in [-0.39, 0.29) is 23.1 Å². The van der Waals surface area contributed by atoms with E-state index in [0.717, 1.165) is 0 Å². The van der Waals surface area contributed by atoms with Crippen molar-refractivity contribution in [2.75, 3.05) is 18.6 Å². The molecule has 0 bridgehead atoms. The molecule has 8 heteroatoms. The largest absolute Gasteiger partial charge is 0.513 e. The van der Waals surface area contributed by atoms with Gasteiger partial charge in [-0.25, -0.2) is 9.78 Å². The number of carbonyl (C=O) groups excluding carboxylic acids is 1. The summed E-state index contributed by atoms with van der Waals surface area (Å²) in [6.45, 7) is 0. The van der Waals surface area contributed by atoms with Gasteiger partial charge >= 0.3 is 6.16 Å². The summed E-state index contributed by atoms with van der Waals surface area (Å²) >= 11 is 0. The van der Waals surface area contributed by atoms with E-state index in [1.54, 1.807) is 12.1 Å². The van der Waals surface area contributed by atoms with Gasteiger partial charge in [0, 0.05) is 6.07 Å². The van der Waals surface area contributed by atoms with E-state index in [0.29, 0.717) is 5.69 Å². The predicted molar refractivity (Wildman–Crippen MR) is 76.7 cm³/mol. The second-order valence-electron chi connectivity index (χ2n) is 3.87. The predicted octanol–water partition coefficient (Wildman–Crippen LogP) is 2.81. The maximum Gasteiger partial charge on any atom is 0.513 e. The van der Waals surface area contributed by atoms with E-state index in [1.807, 2.05) is 18.2 Å². The van der Waals surface area contributed by atoms with Crippen molar-refractivity contribution in [3.8, 4) is 5.75 Å². The van der Waals surface area contributed by atoms with E-state index in [4.69, 9.17) is 16.2 Å². The number of pyridine rings is 1. The third-order valence-corrected chi connectivity index (χ3v) is 2.41. The molecule has 0 aliphatic heterocycles. The molecule has 8 nitrogen and oxygen atoms in total. The Kier molecular flexibility index (Phi) is 4.30. The molecule has 1 aromatic carbocycles.